The van der Waals surface area contributed by atoms with Crippen LogP contribution in [-0.2, 0) is 10.0 Å². The molecule has 7 heteroatoms. The normalized spacial score (nSPS) is 17.5. The van der Waals surface area contributed by atoms with Crippen molar-refractivity contribution >= 4 is 27.7 Å². The van der Waals surface area contributed by atoms with E-state index >= 15 is 0 Å². The van der Waals surface area contributed by atoms with Gasteiger partial charge in [0.2, 0.25) is 0 Å². The predicted octanol–water partition coefficient (Wildman–Crippen LogP) is 3.31. The lowest BCUT2D eigenvalue weighted by atomic mass is 10.1. The summed E-state index contributed by atoms with van der Waals surface area (Å²) in [5, 5.41) is 4.11. The third-order valence-electron chi connectivity index (χ3n) is 5.05. The van der Waals surface area contributed by atoms with Gasteiger partial charge < -0.3 is 5.32 Å². The van der Waals surface area contributed by atoms with Crippen molar-refractivity contribution in [2.24, 2.45) is 0 Å². The molecule has 0 bridgehead atoms. The summed E-state index contributed by atoms with van der Waals surface area (Å²) in [6.45, 7) is 4.85. The molecule has 1 fully saturated rings. The van der Waals surface area contributed by atoms with Gasteiger partial charge in [0.25, 0.3) is 15.9 Å². The van der Waals surface area contributed by atoms with Crippen LogP contribution in [0.3, 0.4) is 0 Å². The summed E-state index contributed by atoms with van der Waals surface area (Å²) in [6, 6.07) is 16.0. The first-order chi connectivity index (χ1) is 14.0. The van der Waals surface area contributed by atoms with Gasteiger partial charge in [-0.2, -0.15) is 0 Å². The highest BCUT2D eigenvalue weighted by atomic mass is 32.2. The van der Waals surface area contributed by atoms with Gasteiger partial charge >= 0.3 is 0 Å². The van der Waals surface area contributed by atoms with Crippen molar-refractivity contribution < 1.29 is 13.2 Å². The van der Waals surface area contributed by atoms with Crippen LogP contribution < -0.4 is 10.0 Å². The van der Waals surface area contributed by atoms with Gasteiger partial charge in [-0.15, -0.1) is 0 Å². The van der Waals surface area contributed by atoms with E-state index in [0.29, 0.717) is 23.8 Å². The maximum absolute atomic E-state index is 12.4. The van der Waals surface area contributed by atoms with Crippen LogP contribution in [0.25, 0.3) is 6.08 Å². The number of carbonyl (C=O) groups excluding carboxylic acids is 1. The van der Waals surface area contributed by atoms with Crippen molar-refractivity contribution in [3.8, 4) is 0 Å². The number of rotatable bonds is 8. The molecule has 1 aliphatic heterocycles. The number of likely N-dealkylation sites (N-methyl/N-ethyl adjacent to an activating group) is 1. The van der Waals surface area contributed by atoms with Crippen LogP contribution in [0.2, 0.25) is 0 Å². The monoisotopic (exact) mass is 413 g/mol. The Labute approximate surface area is 172 Å². The average Bonchev–Trinajstić information content (AvgIpc) is 3.19. The summed E-state index contributed by atoms with van der Waals surface area (Å²) < 4.78 is 26.9. The van der Waals surface area contributed by atoms with Gasteiger partial charge in [-0.3, -0.25) is 14.4 Å². The molecule has 0 unspecified atom stereocenters. The summed E-state index contributed by atoms with van der Waals surface area (Å²) in [7, 11) is -3.63. The van der Waals surface area contributed by atoms with Crippen molar-refractivity contribution in [3.63, 3.8) is 0 Å². The summed E-state index contributed by atoms with van der Waals surface area (Å²) in [5.41, 5.74) is 1.72. The maximum Gasteiger partial charge on any atom is 0.255 e. The van der Waals surface area contributed by atoms with Gasteiger partial charge in [-0.1, -0.05) is 37.3 Å². The molecule has 0 radical (unpaired) electrons. The smallest absolute Gasteiger partial charge is 0.255 e. The molecule has 0 aromatic heterocycles. The fourth-order valence-electron chi connectivity index (χ4n) is 3.48. The second-order valence-corrected chi connectivity index (χ2v) is 8.64. The molecule has 0 aliphatic carbocycles. The summed E-state index contributed by atoms with van der Waals surface area (Å²) in [5.74, 6) is -0.147. The molecule has 2 N–H and O–H groups in total. The van der Waals surface area contributed by atoms with Crippen LogP contribution in [0.15, 0.2) is 60.0 Å². The number of nitrogens with one attached hydrogen (secondary N) is 2. The molecule has 2 aromatic rings. The molecule has 1 aliphatic rings. The van der Waals surface area contributed by atoms with Gasteiger partial charge in [-0.05, 0) is 61.8 Å². The van der Waals surface area contributed by atoms with Gasteiger partial charge in [-0.25, -0.2) is 8.42 Å². The number of hydrogen-bond acceptors (Lipinski definition) is 4. The first-order valence-corrected chi connectivity index (χ1v) is 11.4. The van der Waals surface area contributed by atoms with Gasteiger partial charge in [0.1, 0.15) is 0 Å². The number of amides is 1. The molecular weight excluding hydrogens is 386 g/mol. The Kier molecular flexibility index (Phi) is 7.06. The minimum Gasteiger partial charge on any atom is -0.350 e. The van der Waals surface area contributed by atoms with Gasteiger partial charge in [0.15, 0.2) is 0 Å². The Hall–Kier alpha value is -2.64. The zero-order valence-corrected chi connectivity index (χ0v) is 17.4. The highest BCUT2D eigenvalue weighted by Gasteiger charge is 2.23. The zero-order chi connectivity index (χ0) is 20.7. The van der Waals surface area contributed by atoms with Crippen LogP contribution in [0.4, 0.5) is 5.69 Å². The fraction of sp³-hybridized carbons (Fsp3) is 0.318. The molecule has 29 heavy (non-hydrogen) atoms. The number of sulfonamides is 1. The lowest BCUT2D eigenvalue weighted by Crippen LogP contribution is -2.40. The van der Waals surface area contributed by atoms with Crippen LogP contribution in [-0.4, -0.2) is 44.9 Å². The lowest BCUT2D eigenvalue weighted by Gasteiger charge is -2.22. The minimum atomic E-state index is -3.63. The molecule has 0 spiro atoms. The third-order valence-corrected chi connectivity index (χ3v) is 6.06. The third kappa shape index (κ3) is 6.17. The second-order valence-electron chi connectivity index (χ2n) is 7.07. The Morgan fingerprint density at radius 3 is 2.55 bits per heavy atom. The van der Waals surface area contributed by atoms with Gasteiger partial charge in [0, 0.05) is 23.8 Å². The van der Waals surface area contributed by atoms with E-state index in [9.17, 15) is 13.2 Å². The maximum atomic E-state index is 12.4. The topological polar surface area (TPSA) is 78.5 Å². The number of anilines is 1. The van der Waals surface area contributed by atoms with E-state index in [0.717, 1.165) is 30.5 Å². The van der Waals surface area contributed by atoms with Crippen LogP contribution in [0.1, 0.15) is 35.7 Å². The van der Waals surface area contributed by atoms with Crippen LogP contribution >= 0.6 is 0 Å². The second kappa shape index (κ2) is 9.71. The molecule has 6 nitrogen and oxygen atoms in total. The Morgan fingerprint density at radius 2 is 1.86 bits per heavy atom. The van der Waals surface area contributed by atoms with E-state index in [4.69, 9.17) is 0 Å². The number of carbonyl (C=O) groups is 1. The molecule has 2 aromatic carbocycles. The van der Waals surface area contributed by atoms with E-state index < -0.39 is 10.0 Å². The molecule has 154 valence electrons. The summed E-state index contributed by atoms with van der Waals surface area (Å²) >= 11 is 0. The van der Waals surface area contributed by atoms with Crippen molar-refractivity contribution in [1.29, 1.82) is 0 Å². The number of nitrogens with zero attached hydrogens (tertiary/aromatic N) is 1. The molecule has 3 rings (SSSR count). The van der Waals surface area contributed by atoms with E-state index in [1.54, 1.807) is 24.3 Å². The first-order valence-electron chi connectivity index (χ1n) is 9.85. The molecule has 1 saturated heterocycles. The molecule has 1 amide bonds. The molecule has 1 heterocycles. The van der Waals surface area contributed by atoms with Gasteiger partial charge in [0.05, 0.1) is 5.41 Å². The standard InChI is InChI=1S/C22H27N3O3S/c1-2-25-15-6-9-21(25)17-23-22(26)19-10-12-20(13-11-19)24-29(27,28)16-14-18-7-4-3-5-8-18/h3-5,7-8,10-14,16,21,24H,2,6,9,15,17H2,1H3,(H,23,26)/b16-14+/t21-/m0/s1. The first kappa shape index (κ1) is 21.1. The predicted molar refractivity (Wildman–Crippen MR) is 117 cm³/mol. The number of hydrogen-bond donors (Lipinski definition) is 2. The van der Waals surface area contributed by atoms with Crippen molar-refractivity contribution in [2.45, 2.75) is 25.8 Å². The lowest BCUT2D eigenvalue weighted by molar-refractivity contribution is 0.0941. The zero-order valence-electron chi connectivity index (χ0n) is 16.5. The minimum absolute atomic E-state index is 0.147. The molecule has 1 atom stereocenters. The largest absolute Gasteiger partial charge is 0.350 e. The highest BCUT2D eigenvalue weighted by Crippen LogP contribution is 2.16. The number of benzene rings is 2. The summed E-state index contributed by atoms with van der Waals surface area (Å²) in [4.78, 5) is 14.7. The summed E-state index contributed by atoms with van der Waals surface area (Å²) in [6.07, 6.45) is 3.81. The van der Waals surface area contributed by atoms with E-state index in [-0.39, 0.29) is 5.91 Å². The molecule has 0 saturated carbocycles. The fourth-order valence-corrected chi connectivity index (χ4v) is 4.34. The highest BCUT2D eigenvalue weighted by molar-refractivity contribution is 7.95. The van der Waals surface area contributed by atoms with Crippen molar-refractivity contribution in [2.75, 3.05) is 24.4 Å². The quantitative estimate of drug-likeness (QED) is 0.696. The van der Waals surface area contributed by atoms with Crippen molar-refractivity contribution in [3.05, 3.63) is 71.1 Å². The van der Waals surface area contributed by atoms with Crippen molar-refractivity contribution in [1.82, 2.24) is 10.2 Å². The van der Waals surface area contributed by atoms with E-state index in [1.807, 2.05) is 30.3 Å². The molecular formula is C22H27N3O3S. The SMILES string of the molecule is CCN1CCC[C@H]1CNC(=O)c1ccc(NS(=O)(=O)/C=C/c2ccccc2)cc1. The number of likely N-dealkylation sites (tertiary alicyclic amines) is 1. The average molecular weight is 414 g/mol. The van der Waals surface area contributed by atoms with Crippen LogP contribution in [0, 0.1) is 0 Å². The van der Waals surface area contributed by atoms with Crippen LogP contribution in [0.5, 0.6) is 0 Å². The van der Waals surface area contributed by atoms with E-state index in [1.165, 1.54) is 12.5 Å². The van der Waals surface area contributed by atoms with E-state index in [2.05, 4.69) is 21.9 Å². The Balaban J connectivity index is 1.55. The Bertz CT molecular complexity index is 941. The Morgan fingerprint density at radius 1 is 1.14 bits per heavy atom.